The molecule has 1 fully saturated rings. The number of ether oxygens (including phenoxy) is 2. The van der Waals surface area contributed by atoms with Crippen molar-refractivity contribution in [2.45, 2.75) is 129 Å². The van der Waals surface area contributed by atoms with E-state index in [4.69, 9.17) is 9.47 Å². The van der Waals surface area contributed by atoms with Gasteiger partial charge < -0.3 is 14.8 Å². The number of hydrogen-bond donors (Lipinski definition) is 1. The molecule has 0 bridgehead atoms. The molecule has 5 nitrogen and oxygen atoms in total. The summed E-state index contributed by atoms with van der Waals surface area (Å²) in [6.07, 6.45) is 35.2. The van der Waals surface area contributed by atoms with Gasteiger partial charge >= 0.3 is 12.1 Å². The number of fused-ring (bicyclic) bond motifs is 3. The van der Waals surface area contributed by atoms with Gasteiger partial charge in [0, 0.05) is 13.0 Å². The Balaban J connectivity index is 1.50. The van der Waals surface area contributed by atoms with Gasteiger partial charge in [-0.3, -0.25) is 4.79 Å². The minimum Gasteiger partial charge on any atom is -0.469 e. The van der Waals surface area contributed by atoms with Crippen molar-refractivity contribution >= 4 is 12.1 Å². The summed E-state index contributed by atoms with van der Waals surface area (Å²) in [4.78, 5) is 25.0. The van der Waals surface area contributed by atoms with Crippen LogP contribution in [-0.4, -0.2) is 31.8 Å². The largest absolute Gasteiger partial charge is 0.469 e. The fraction of sp³-hybridized carbons (Fsp3) is 0.545. The standard InChI is InChI=1S/C44H63NO4/c1-7-8-9-10-11-12-13-14-15-16-17-18-19-20-21-22-24-38(27-30-41(46)48-6)49-42(47)45-34-43(4)31-23-32-44(5)39-28-25-36(35(2)3)33-37(39)26-29-40(43)44/h8-9,11-12,14-15,17-18,20-22,24-25,28,33,35,38,40H,7,10,13,16,19,23,26-27,29-32,34H2,1-6H3,(H,45,47)/b9-8-,12-11-,15-14-,18-17-,21-20-,24-22+/t38-,40?,43+,44-/m1/s1. The van der Waals surface area contributed by atoms with E-state index >= 15 is 0 Å². The molecule has 0 heterocycles. The normalized spacial score (nSPS) is 23.3. The quantitative estimate of drug-likeness (QED) is 0.0960. The highest BCUT2D eigenvalue weighted by atomic mass is 16.6. The van der Waals surface area contributed by atoms with Crippen LogP contribution < -0.4 is 5.32 Å². The van der Waals surface area contributed by atoms with Crippen LogP contribution in [0, 0.1) is 11.3 Å². The molecule has 268 valence electrons. The highest BCUT2D eigenvalue weighted by Crippen LogP contribution is 2.57. The zero-order valence-electron chi connectivity index (χ0n) is 31.2. The first kappa shape index (κ1) is 39.8. The van der Waals surface area contributed by atoms with Gasteiger partial charge in [0.05, 0.1) is 7.11 Å². The smallest absolute Gasteiger partial charge is 0.407 e. The molecule has 0 aliphatic heterocycles. The minimum absolute atomic E-state index is 0.0213. The first-order chi connectivity index (χ1) is 23.6. The lowest BCUT2D eigenvalue weighted by Gasteiger charge is -2.55. The second kappa shape index (κ2) is 20.8. The highest BCUT2D eigenvalue weighted by Gasteiger charge is 2.51. The van der Waals surface area contributed by atoms with E-state index in [0.717, 1.165) is 57.8 Å². The van der Waals surface area contributed by atoms with Crippen LogP contribution in [0.2, 0.25) is 0 Å². The van der Waals surface area contributed by atoms with E-state index in [2.05, 4.69) is 113 Å². The van der Waals surface area contributed by atoms with Gasteiger partial charge in [-0.25, -0.2) is 4.79 Å². The van der Waals surface area contributed by atoms with E-state index in [1.165, 1.54) is 30.2 Å². The number of methoxy groups -OCH3 is 1. The van der Waals surface area contributed by atoms with E-state index in [1.807, 2.05) is 18.2 Å². The second-order valence-corrected chi connectivity index (χ2v) is 14.5. The first-order valence-corrected chi connectivity index (χ1v) is 18.7. The van der Waals surface area contributed by atoms with E-state index in [1.54, 1.807) is 0 Å². The van der Waals surface area contributed by atoms with Crippen LogP contribution in [0.25, 0.3) is 0 Å². The number of carbonyl (C=O) groups excluding carboxylic acids is 2. The maximum atomic E-state index is 13.1. The average Bonchev–Trinajstić information content (AvgIpc) is 3.08. The summed E-state index contributed by atoms with van der Waals surface area (Å²) in [6, 6.07) is 7.14. The molecule has 2 aliphatic rings. The summed E-state index contributed by atoms with van der Waals surface area (Å²) in [5, 5.41) is 3.13. The molecule has 5 heteroatoms. The van der Waals surface area contributed by atoms with Crippen LogP contribution in [0.1, 0.15) is 128 Å². The van der Waals surface area contributed by atoms with Crippen molar-refractivity contribution in [2.24, 2.45) is 11.3 Å². The number of esters is 1. The van der Waals surface area contributed by atoms with Crippen LogP contribution in [-0.2, 0) is 26.1 Å². The van der Waals surface area contributed by atoms with Crippen molar-refractivity contribution in [3.8, 4) is 0 Å². The topological polar surface area (TPSA) is 64.6 Å². The number of aryl methyl sites for hydroxylation is 1. The third-order valence-corrected chi connectivity index (χ3v) is 10.5. The SMILES string of the molecule is CC/C=C\C/C=C\C/C=C\C/C=C\C/C=C\C=C\[C@H](CCC(=O)OC)OC(=O)NC[C@]1(C)CCC[C@]2(C)c3ccc(C(C)C)cc3CCC12. The highest BCUT2D eigenvalue weighted by molar-refractivity contribution is 5.70. The summed E-state index contributed by atoms with van der Waals surface area (Å²) < 4.78 is 10.7. The van der Waals surface area contributed by atoms with Gasteiger partial charge in [-0.05, 0) is 110 Å². The molecule has 1 aromatic rings. The molecule has 2 aliphatic carbocycles. The number of benzene rings is 1. The lowest BCUT2D eigenvalue weighted by Crippen LogP contribution is -2.53. The van der Waals surface area contributed by atoms with Crippen molar-refractivity contribution in [3.05, 3.63) is 108 Å². The summed E-state index contributed by atoms with van der Waals surface area (Å²) in [5.74, 6) is 0.697. The molecule has 0 spiro atoms. The fourth-order valence-electron chi connectivity index (χ4n) is 7.72. The Morgan fingerprint density at radius 3 is 2.20 bits per heavy atom. The number of alkyl carbamates (subject to hydrolysis) is 1. The van der Waals surface area contributed by atoms with Crippen LogP contribution >= 0.6 is 0 Å². The van der Waals surface area contributed by atoms with E-state index in [0.29, 0.717) is 24.8 Å². The molecular weight excluding hydrogens is 606 g/mol. The molecule has 1 amide bonds. The summed E-state index contributed by atoms with van der Waals surface area (Å²) in [6.45, 7) is 12.0. The molecule has 49 heavy (non-hydrogen) atoms. The zero-order chi connectivity index (χ0) is 35.5. The Morgan fingerprint density at radius 1 is 0.918 bits per heavy atom. The summed E-state index contributed by atoms with van der Waals surface area (Å²) >= 11 is 0. The van der Waals surface area contributed by atoms with Crippen LogP contribution in [0.5, 0.6) is 0 Å². The Kier molecular flexibility index (Phi) is 16.9. The fourth-order valence-corrected chi connectivity index (χ4v) is 7.72. The number of carbonyl (C=O) groups is 2. The van der Waals surface area contributed by atoms with Crippen LogP contribution in [0.3, 0.4) is 0 Å². The molecular formula is C44H63NO4. The molecule has 1 N–H and O–H groups in total. The van der Waals surface area contributed by atoms with Gasteiger partial charge in [-0.2, -0.15) is 0 Å². The Bertz CT molecular complexity index is 1360. The predicted octanol–water partition coefficient (Wildman–Crippen LogP) is 11.2. The predicted molar refractivity (Wildman–Crippen MR) is 205 cm³/mol. The molecule has 0 saturated heterocycles. The minimum atomic E-state index is -0.526. The zero-order valence-corrected chi connectivity index (χ0v) is 31.2. The maximum absolute atomic E-state index is 13.1. The van der Waals surface area contributed by atoms with Gasteiger partial charge in [-0.15, -0.1) is 0 Å². The van der Waals surface area contributed by atoms with Gasteiger partial charge in [0.2, 0.25) is 0 Å². The molecule has 1 aromatic carbocycles. The molecule has 3 rings (SSSR count). The van der Waals surface area contributed by atoms with Crippen LogP contribution in [0.15, 0.2) is 91.1 Å². The van der Waals surface area contributed by atoms with Gasteiger partial charge in [0.25, 0.3) is 0 Å². The summed E-state index contributed by atoms with van der Waals surface area (Å²) in [7, 11) is 1.38. The third-order valence-electron chi connectivity index (χ3n) is 10.5. The summed E-state index contributed by atoms with van der Waals surface area (Å²) in [5.41, 5.74) is 4.52. The second-order valence-electron chi connectivity index (χ2n) is 14.5. The Labute approximate surface area is 297 Å². The van der Waals surface area contributed by atoms with Gasteiger partial charge in [0.1, 0.15) is 6.10 Å². The maximum Gasteiger partial charge on any atom is 0.407 e. The Morgan fingerprint density at radius 2 is 1.57 bits per heavy atom. The lowest BCUT2D eigenvalue weighted by molar-refractivity contribution is -0.141. The molecule has 1 saturated carbocycles. The number of rotatable bonds is 18. The van der Waals surface area contributed by atoms with E-state index in [9.17, 15) is 9.59 Å². The van der Waals surface area contributed by atoms with E-state index in [-0.39, 0.29) is 23.2 Å². The van der Waals surface area contributed by atoms with Crippen molar-refractivity contribution in [1.29, 1.82) is 0 Å². The average molecular weight is 670 g/mol. The van der Waals surface area contributed by atoms with Crippen molar-refractivity contribution in [3.63, 3.8) is 0 Å². The van der Waals surface area contributed by atoms with E-state index < -0.39 is 12.2 Å². The molecule has 1 unspecified atom stereocenters. The van der Waals surface area contributed by atoms with Crippen molar-refractivity contribution < 1.29 is 19.1 Å². The van der Waals surface area contributed by atoms with Gasteiger partial charge in [-0.1, -0.05) is 126 Å². The third kappa shape index (κ3) is 12.7. The Hall–Kier alpha value is -3.60. The monoisotopic (exact) mass is 669 g/mol. The van der Waals surface area contributed by atoms with Crippen molar-refractivity contribution in [2.75, 3.05) is 13.7 Å². The van der Waals surface area contributed by atoms with Gasteiger partial charge in [0.15, 0.2) is 0 Å². The van der Waals surface area contributed by atoms with Crippen molar-refractivity contribution in [1.82, 2.24) is 5.32 Å². The number of amides is 1. The molecule has 0 aromatic heterocycles. The molecule has 0 radical (unpaired) electrons. The molecule has 4 atom stereocenters. The number of allylic oxidation sites excluding steroid dienone is 11. The van der Waals surface area contributed by atoms with Crippen LogP contribution in [0.4, 0.5) is 4.79 Å². The number of hydrogen-bond acceptors (Lipinski definition) is 4. The first-order valence-electron chi connectivity index (χ1n) is 18.7. The lowest BCUT2D eigenvalue weighted by atomic mass is 9.49. The number of nitrogens with one attached hydrogen (secondary N) is 1.